The van der Waals surface area contributed by atoms with Crippen LogP contribution in [0.1, 0.15) is 53.4 Å². The third-order valence-electron chi connectivity index (χ3n) is 6.75. The van der Waals surface area contributed by atoms with E-state index in [2.05, 4.69) is 10.00 Å². The molecule has 1 saturated heterocycles. The predicted molar refractivity (Wildman–Crippen MR) is 116 cm³/mol. The zero-order valence-corrected chi connectivity index (χ0v) is 18.5. The molecule has 1 aliphatic carbocycles. The molecule has 178 valence electrons. The van der Waals surface area contributed by atoms with E-state index < -0.39 is 23.6 Å². The summed E-state index contributed by atoms with van der Waals surface area (Å²) in [7, 11) is 0. The summed E-state index contributed by atoms with van der Waals surface area (Å²) in [6.07, 6.45) is 2.49. The summed E-state index contributed by atoms with van der Waals surface area (Å²) in [6, 6.07) is 5.62. The Kier molecular flexibility index (Phi) is 5.99. The van der Waals surface area contributed by atoms with Crippen molar-refractivity contribution >= 4 is 17.7 Å². The van der Waals surface area contributed by atoms with Gasteiger partial charge in [0.15, 0.2) is 5.78 Å². The number of carbonyl (C=O) groups is 3. The summed E-state index contributed by atoms with van der Waals surface area (Å²) in [5.41, 5.74) is 0.979. The lowest BCUT2D eigenvalue weighted by Gasteiger charge is -2.31. The molecule has 3 aliphatic rings. The molecule has 0 bridgehead atoms. The van der Waals surface area contributed by atoms with E-state index in [1.807, 2.05) is 0 Å². The number of benzene rings is 1. The van der Waals surface area contributed by atoms with E-state index in [1.165, 1.54) is 28.9 Å². The van der Waals surface area contributed by atoms with Crippen LogP contribution in [0.2, 0.25) is 0 Å². The van der Waals surface area contributed by atoms with Crippen LogP contribution < -0.4 is 10.3 Å². The van der Waals surface area contributed by atoms with Crippen molar-refractivity contribution in [1.82, 2.24) is 14.7 Å². The predicted octanol–water partition coefficient (Wildman–Crippen LogP) is 1.82. The minimum Gasteiger partial charge on any atom is -0.449 e. The number of ketones is 1. The van der Waals surface area contributed by atoms with Crippen LogP contribution in [0.25, 0.3) is 0 Å². The molecule has 2 aliphatic heterocycles. The number of esters is 2. The number of nitrogens with zero attached hydrogens (tertiary/aromatic N) is 3. The van der Waals surface area contributed by atoms with Crippen molar-refractivity contribution in [2.45, 2.75) is 44.8 Å². The standard InChI is InChI=1S/C24H24FN3O6/c25-16-6-4-14(5-7-16)20(29)15-8-10-27(11-9-15)12-13-28-22(30)21-19-17(26-28)2-1-3-18(19)33-23(31)24(32)34-21/h4-7,15,18H,1-3,8-13H2. The SMILES string of the molecule is O=C1Oc2c3c(nn(CCN4CCC(C(=O)c5ccc(F)cc5)CC4)c2=O)CCCC3OC1=O. The highest BCUT2D eigenvalue weighted by atomic mass is 19.1. The molecule has 34 heavy (non-hydrogen) atoms. The number of rotatable bonds is 5. The Morgan fingerprint density at radius 1 is 1.03 bits per heavy atom. The van der Waals surface area contributed by atoms with Crippen LogP contribution >= 0.6 is 0 Å². The first-order valence-electron chi connectivity index (χ1n) is 11.5. The molecule has 5 rings (SSSR count). The van der Waals surface area contributed by atoms with Gasteiger partial charge in [-0.2, -0.15) is 5.10 Å². The normalized spacial score (nSPS) is 20.8. The molecule has 10 heteroatoms. The van der Waals surface area contributed by atoms with Crippen molar-refractivity contribution < 1.29 is 28.2 Å². The van der Waals surface area contributed by atoms with Gasteiger partial charge in [-0.1, -0.05) is 0 Å². The summed E-state index contributed by atoms with van der Waals surface area (Å²) >= 11 is 0. The first-order chi connectivity index (χ1) is 16.4. The van der Waals surface area contributed by atoms with E-state index in [0.717, 1.165) is 6.42 Å². The molecule has 3 heterocycles. The molecule has 0 amide bonds. The highest BCUT2D eigenvalue weighted by Gasteiger charge is 2.38. The van der Waals surface area contributed by atoms with E-state index in [1.54, 1.807) is 0 Å². The number of aromatic nitrogens is 2. The lowest BCUT2D eigenvalue weighted by Crippen LogP contribution is -2.40. The van der Waals surface area contributed by atoms with Gasteiger partial charge in [0, 0.05) is 18.0 Å². The lowest BCUT2D eigenvalue weighted by atomic mass is 9.89. The first-order valence-corrected chi connectivity index (χ1v) is 11.5. The summed E-state index contributed by atoms with van der Waals surface area (Å²) < 4.78 is 24.7. The second-order valence-electron chi connectivity index (χ2n) is 8.88. The third kappa shape index (κ3) is 4.25. The van der Waals surface area contributed by atoms with E-state index in [0.29, 0.717) is 62.1 Å². The highest BCUT2D eigenvalue weighted by Crippen LogP contribution is 2.37. The molecule has 1 aromatic heterocycles. The fourth-order valence-corrected chi connectivity index (χ4v) is 4.91. The van der Waals surface area contributed by atoms with Gasteiger partial charge in [0.25, 0.3) is 0 Å². The number of Topliss-reactive ketones (excluding diaryl/α,β-unsaturated/α-hetero) is 1. The molecule has 0 spiro atoms. The maximum Gasteiger partial charge on any atom is 0.423 e. The van der Waals surface area contributed by atoms with E-state index in [4.69, 9.17) is 9.47 Å². The molecule has 9 nitrogen and oxygen atoms in total. The zero-order chi connectivity index (χ0) is 23.8. The molecular formula is C24H24FN3O6. The summed E-state index contributed by atoms with van der Waals surface area (Å²) in [4.78, 5) is 51.6. The largest absolute Gasteiger partial charge is 0.449 e. The van der Waals surface area contributed by atoms with Crippen molar-refractivity contribution in [3.63, 3.8) is 0 Å². The fraction of sp³-hybridized carbons (Fsp3) is 0.458. The van der Waals surface area contributed by atoms with Gasteiger partial charge in [0.2, 0.25) is 5.75 Å². The second-order valence-corrected chi connectivity index (χ2v) is 8.88. The third-order valence-corrected chi connectivity index (χ3v) is 6.75. The first kappa shape index (κ1) is 22.4. The van der Waals surface area contributed by atoms with Crippen molar-refractivity contribution in [1.29, 1.82) is 0 Å². The van der Waals surface area contributed by atoms with Crippen LogP contribution in [-0.2, 0) is 27.3 Å². The molecule has 0 saturated carbocycles. The second kappa shape index (κ2) is 9.09. The van der Waals surface area contributed by atoms with Gasteiger partial charge >= 0.3 is 17.5 Å². The summed E-state index contributed by atoms with van der Waals surface area (Å²) in [5, 5.41) is 4.48. The van der Waals surface area contributed by atoms with Crippen molar-refractivity contribution in [2.75, 3.05) is 19.6 Å². The van der Waals surface area contributed by atoms with Crippen LogP contribution in [0.5, 0.6) is 5.75 Å². The lowest BCUT2D eigenvalue weighted by molar-refractivity contribution is -0.164. The Labute approximate surface area is 194 Å². The van der Waals surface area contributed by atoms with Crippen LogP contribution in [-0.4, -0.2) is 52.0 Å². The topological polar surface area (TPSA) is 108 Å². The number of piperidine rings is 1. The molecule has 1 atom stereocenters. The number of halogens is 1. The number of ether oxygens (including phenoxy) is 2. The van der Waals surface area contributed by atoms with Gasteiger partial charge in [0.1, 0.15) is 11.9 Å². The van der Waals surface area contributed by atoms with Gasteiger partial charge in [-0.05, 0) is 69.5 Å². The Bertz CT molecular complexity index is 1200. The molecule has 1 fully saturated rings. The Balaban J connectivity index is 1.25. The smallest absolute Gasteiger partial charge is 0.423 e. The van der Waals surface area contributed by atoms with E-state index in [-0.39, 0.29) is 29.8 Å². The van der Waals surface area contributed by atoms with Crippen LogP contribution in [0.4, 0.5) is 4.39 Å². The number of aryl methyl sites for hydroxylation is 1. The van der Waals surface area contributed by atoms with E-state index in [9.17, 15) is 23.6 Å². The quantitative estimate of drug-likeness (QED) is 0.371. The molecule has 1 unspecified atom stereocenters. The average Bonchev–Trinajstić information content (AvgIpc) is 2.97. The van der Waals surface area contributed by atoms with Crippen LogP contribution in [0, 0.1) is 11.7 Å². The monoisotopic (exact) mass is 469 g/mol. The number of likely N-dealkylation sites (tertiary alicyclic amines) is 1. The van der Waals surface area contributed by atoms with Crippen molar-refractivity contribution in [3.8, 4) is 5.75 Å². The van der Waals surface area contributed by atoms with Gasteiger partial charge in [-0.3, -0.25) is 9.59 Å². The van der Waals surface area contributed by atoms with Gasteiger partial charge in [-0.25, -0.2) is 18.7 Å². The minimum atomic E-state index is -1.20. The Morgan fingerprint density at radius 2 is 1.76 bits per heavy atom. The minimum absolute atomic E-state index is 0.0236. The highest BCUT2D eigenvalue weighted by molar-refractivity contribution is 6.30. The van der Waals surface area contributed by atoms with Crippen LogP contribution in [0.15, 0.2) is 29.1 Å². The fourth-order valence-electron chi connectivity index (χ4n) is 4.91. The summed E-state index contributed by atoms with van der Waals surface area (Å²) in [6.45, 7) is 2.19. The number of hydrogen-bond donors (Lipinski definition) is 0. The van der Waals surface area contributed by atoms with Crippen molar-refractivity contribution in [2.24, 2.45) is 5.92 Å². The van der Waals surface area contributed by atoms with Crippen LogP contribution in [0.3, 0.4) is 0 Å². The van der Waals surface area contributed by atoms with Crippen molar-refractivity contribution in [3.05, 3.63) is 57.3 Å². The number of hydrogen-bond acceptors (Lipinski definition) is 8. The molecular weight excluding hydrogens is 445 g/mol. The maximum atomic E-state index is 13.1. The summed E-state index contributed by atoms with van der Waals surface area (Å²) in [5.74, 6) is -2.91. The average molecular weight is 469 g/mol. The van der Waals surface area contributed by atoms with Gasteiger partial charge in [0.05, 0.1) is 17.8 Å². The molecule has 0 radical (unpaired) electrons. The zero-order valence-electron chi connectivity index (χ0n) is 18.5. The number of carbonyl (C=O) groups excluding carboxylic acids is 3. The molecule has 0 N–H and O–H groups in total. The Morgan fingerprint density at radius 3 is 2.50 bits per heavy atom. The molecule has 2 aromatic rings. The molecule has 1 aromatic carbocycles. The van der Waals surface area contributed by atoms with E-state index >= 15 is 0 Å². The Hall–Kier alpha value is -3.40. The maximum absolute atomic E-state index is 13.1. The van der Waals surface area contributed by atoms with Gasteiger partial charge < -0.3 is 14.4 Å². The van der Waals surface area contributed by atoms with Gasteiger partial charge in [-0.15, -0.1) is 0 Å².